The van der Waals surface area contributed by atoms with E-state index in [2.05, 4.69) is 10.6 Å². The van der Waals surface area contributed by atoms with E-state index in [1.165, 1.54) is 12.1 Å². The number of benzene rings is 2. The largest absolute Gasteiger partial charge is 0.481 e. The van der Waals surface area contributed by atoms with Gasteiger partial charge < -0.3 is 10.4 Å². The number of carbonyl (C=O) groups is 2. The lowest BCUT2D eigenvalue weighted by molar-refractivity contribution is -0.161. The molecule has 2 aromatic rings. The highest BCUT2D eigenvalue weighted by atomic mass is 19.4. The van der Waals surface area contributed by atoms with Crippen molar-refractivity contribution in [1.82, 2.24) is 10.6 Å². The molecule has 0 radical (unpaired) electrons. The molecule has 0 aliphatic heterocycles. The number of amides is 1. The molecule has 9 heteroatoms. The summed E-state index contributed by atoms with van der Waals surface area (Å²) in [5.41, 5.74) is 0.190. The quantitative estimate of drug-likeness (QED) is 0.427. The number of aliphatic carboxylic acids is 1. The van der Waals surface area contributed by atoms with E-state index in [9.17, 15) is 33.1 Å². The Labute approximate surface area is 207 Å². The lowest BCUT2D eigenvalue weighted by Gasteiger charge is -2.28. The fourth-order valence-corrected chi connectivity index (χ4v) is 4.49. The standard InChI is InChI=1S/C27H28F3N3O3/c1-2-4-21(23(34)33-25(16-31)11-12-25)32-22(27(28,29)30)18-9-7-17(8-10-18)19-5-3-6-20(15-19)26(13-14-26)24(35)36/h3,5-10,15,21-22,32H,2,4,11-14H2,1H3,(H,33,34)(H,35,36)/t21-,22-/m0/s1. The molecule has 2 aliphatic rings. The van der Waals surface area contributed by atoms with Gasteiger partial charge in [0.25, 0.3) is 0 Å². The number of halogens is 3. The van der Waals surface area contributed by atoms with Gasteiger partial charge in [0.1, 0.15) is 11.6 Å². The third-order valence-corrected chi connectivity index (χ3v) is 7.07. The predicted octanol–water partition coefficient (Wildman–Crippen LogP) is 5.00. The maximum absolute atomic E-state index is 14.1. The van der Waals surface area contributed by atoms with Crippen LogP contribution in [0.5, 0.6) is 0 Å². The fourth-order valence-electron chi connectivity index (χ4n) is 4.49. The minimum absolute atomic E-state index is 0.0399. The average Bonchev–Trinajstić information content (AvgIpc) is 3.77. The highest BCUT2D eigenvalue weighted by Crippen LogP contribution is 2.49. The van der Waals surface area contributed by atoms with E-state index in [4.69, 9.17) is 0 Å². The number of hydrogen-bond acceptors (Lipinski definition) is 4. The maximum atomic E-state index is 14.1. The molecule has 0 bridgehead atoms. The van der Waals surface area contributed by atoms with Crippen LogP contribution in [0.3, 0.4) is 0 Å². The van der Waals surface area contributed by atoms with E-state index in [1.807, 2.05) is 6.07 Å². The second kappa shape index (κ2) is 9.58. The molecule has 0 saturated heterocycles. The van der Waals surface area contributed by atoms with Crippen LogP contribution in [0.25, 0.3) is 11.1 Å². The fraction of sp³-hybridized carbons (Fsp3) is 0.444. The van der Waals surface area contributed by atoms with Gasteiger partial charge in [-0.3, -0.25) is 14.9 Å². The van der Waals surface area contributed by atoms with Crippen LogP contribution < -0.4 is 10.6 Å². The van der Waals surface area contributed by atoms with Crippen LogP contribution in [0.4, 0.5) is 13.2 Å². The molecule has 190 valence electrons. The number of carboxylic acid groups (broad SMARTS) is 1. The Hall–Kier alpha value is -3.38. The third kappa shape index (κ3) is 5.24. The Kier molecular flexibility index (Phi) is 6.84. The van der Waals surface area contributed by atoms with Gasteiger partial charge >= 0.3 is 12.1 Å². The van der Waals surface area contributed by atoms with Gasteiger partial charge in [-0.1, -0.05) is 61.9 Å². The minimum atomic E-state index is -4.65. The number of nitrogens with one attached hydrogen (secondary N) is 2. The maximum Gasteiger partial charge on any atom is 0.407 e. The lowest BCUT2D eigenvalue weighted by atomic mass is 9.92. The van der Waals surface area contributed by atoms with Crippen molar-refractivity contribution in [2.75, 3.05) is 0 Å². The first-order chi connectivity index (χ1) is 17.0. The van der Waals surface area contributed by atoms with Crippen molar-refractivity contribution in [3.05, 3.63) is 59.7 Å². The number of carbonyl (C=O) groups excluding carboxylic acids is 1. The van der Waals surface area contributed by atoms with Gasteiger partial charge in [0.15, 0.2) is 0 Å². The summed E-state index contributed by atoms with van der Waals surface area (Å²) in [7, 11) is 0. The lowest BCUT2D eigenvalue weighted by Crippen LogP contribution is -2.51. The van der Waals surface area contributed by atoms with Gasteiger partial charge in [-0.25, -0.2) is 0 Å². The third-order valence-electron chi connectivity index (χ3n) is 7.07. The molecule has 2 saturated carbocycles. The number of nitriles is 1. The summed E-state index contributed by atoms with van der Waals surface area (Å²) in [4.78, 5) is 24.4. The van der Waals surface area contributed by atoms with Crippen LogP contribution >= 0.6 is 0 Å². The van der Waals surface area contributed by atoms with Crippen molar-refractivity contribution in [3.8, 4) is 17.2 Å². The molecule has 0 unspecified atom stereocenters. The molecule has 2 atom stereocenters. The van der Waals surface area contributed by atoms with Crippen LogP contribution in [-0.2, 0) is 15.0 Å². The second-order valence-electron chi connectivity index (χ2n) is 9.76. The Morgan fingerprint density at radius 2 is 1.75 bits per heavy atom. The van der Waals surface area contributed by atoms with Crippen LogP contribution in [-0.4, -0.2) is 34.7 Å². The van der Waals surface area contributed by atoms with Crippen molar-refractivity contribution in [3.63, 3.8) is 0 Å². The van der Waals surface area contributed by atoms with E-state index < -0.39 is 41.1 Å². The van der Waals surface area contributed by atoms with Crippen molar-refractivity contribution >= 4 is 11.9 Å². The number of carboxylic acids is 1. The molecule has 1 amide bonds. The highest BCUT2D eigenvalue weighted by molar-refractivity contribution is 5.85. The minimum Gasteiger partial charge on any atom is -0.481 e. The zero-order valence-corrected chi connectivity index (χ0v) is 19.9. The average molecular weight is 500 g/mol. The number of rotatable bonds is 10. The van der Waals surface area contributed by atoms with Gasteiger partial charge in [0, 0.05) is 0 Å². The molecule has 0 spiro atoms. The molecular formula is C27H28F3N3O3. The zero-order valence-electron chi connectivity index (χ0n) is 19.9. The summed E-state index contributed by atoms with van der Waals surface area (Å²) in [6.07, 6.45) is -1.87. The van der Waals surface area contributed by atoms with E-state index >= 15 is 0 Å². The van der Waals surface area contributed by atoms with Crippen LogP contribution in [0.1, 0.15) is 62.6 Å². The predicted molar refractivity (Wildman–Crippen MR) is 127 cm³/mol. The van der Waals surface area contributed by atoms with Crippen LogP contribution in [0.2, 0.25) is 0 Å². The normalized spacial score (nSPS) is 19.0. The molecule has 3 N–H and O–H groups in total. The number of nitrogens with zero attached hydrogens (tertiary/aromatic N) is 1. The van der Waals surface area contributed by atoms with Gasteiger partial charge in [-0.15, -0.1) is 0 Å². The Morgan fingerprint density at radius 1 is 1.08 bits per heavy atom. The van der Waals surface area contributed by atoms with Crippen LogP contribution in [0, 0.1) is 11.3 Å². The van der Waals surface area contributed by atoms with Crippen molar-refractivity contribution in [2.24, 2.45) is 0 Å². The topological polar surface area (TPSA) is 102 Å². The monoisotopic (exact) mass is 499 g/mol. The summed E-state index contributed by atoms with van der Waals surface area (Å²) in [6, 6.07) is 11.8. The molecule has 36 heavy (non-hydrogen) atoms. The van der Waals surface area contributed by atoms with Crippen molar-refractivity contribution in [2.45, 2.75) is 74.7 Å². The summed E-state index contributed by atoms with van der Waals surface area (Å²) in [5.74, 6) is -1.48. The van der Waals surface area contributed by atoms with Crippen molar-refractivity contribution < 1.29 is 27.9 Å². The Bertz CT molecular complexity index is 1180. The van der Waals surface area contributed by atoms with E-state index in [-0.39, 0.29) is 12.0 Å². The molecule has 2 aromatic carbocycles. The molecule has 4 rings (SSSR count). The van der Waals surface area contributed by atoms with Crippen molar-refractivity contribution in [1.29, 1.82) is 5.26 Å². The molecule has 0 aromatic heterocycles. The van der Waals surface area contributed by atoms with Gasteiger partial charge in [-0.2, -0.15) is 18.4 Å². The first kappa shape index (κ1) is 25.7. The van der Waals surface area contributed by atoms with Gasteiger partial charge in [0.05, 0.1) is 17.5 Å². The molecule has 2 aliphatic carbocycles. The van der Waals surface area contributed by atoms with E-state index in [0.717, 1.165) is 5.56 Å². The first-order valence-corrected chi connectivity index (χ1v) is 12.0. The zero-order chi connectivity index (χ0) is 26.1. The number of alkyl halides is 3. The molecular weight excluding hydrogens is 471 g/mol. The summed E-state index contributed by atoms with van der Waals surface area (Å²) in [5, 5.41) is 23.9. The molecule has 2 fully saturated rings. The SMILES string of the molecule is CCC[C@H](N[C@@H](c1ccc(-c2cccc(C3(C(=O)O)CC3)c2)cc1)C(F)(F)F)C(=O)NC1(C#N)CC1. The smallest absolute Gasteiger partial charge is 0.407 e. The second-order valence-corrected chi connectivity index (χ2v) is 9.76. The Morgan fingerprint density at radius 3 is 2.25 bits per heavy atom. The summed E-state index contributed by atoms with van der Waals surface area (Å²) < 4.78 is 42.2. The Balaban J connectivity index is 1.55. The molecule has 0 heterocycles. The van der Waals surface area contributed by atoms with Crippen LogP contribution in [0.15, 0.2) is 48.5 Å². The highest BCUT2D eigenvalue weighted by Gasteiger charge is 2.52. The van der Waals surface area contributed by atoms with E-state index in [1.54, 1.807) is 43.3 Å². The van der Waals surface area contributed by atoms with Gasteiger partial charge in [0.2, 0.25) is 5.91 Å². The summed E-state index contributed by atoms with van der Waals surface area (Å²) in [6.45, 7) is 1.78. The first-order valence-electron chi connectivity index (χ1n) is 12.0. The van der Waals surface area contributed by atoms with Gasteiger partial charge in [-0.05, 0) is 54.4 Å². The number of hydrogen-bond donors (Lipinski definition) is 3. The van der Waals surface area contributed by atoms with E-state index in [0.29, 0.717) is 43.2 Å². The summed E-state index contributed by atoms with van der Waals surface area (Å²) >= 11 is 0. The molecule has 6 nitrogen and oxygen atoms in total.